The Balaban J connectivity index is 1.46. The molecule has 4 rings (SSSR count). The number of nitrogens with zero attached hydrogens (tertiary/aromatic N) is 5. The maximum Gasteiger partial charge on any atom is 0.228 e. The van der Waals surface area contributed by atoms with Gasteiger partial charge in [-0.2, -0.15) is 0 Å². The number of anilines is 1. The van der Waals surface area contributed by atoms with Gasteiger partial charge in [-0.1, -0.05) is 0 Å². The number of rotatable bonds is 3. The topological polar surface area (TPSA) is 71.5 Å². The van der Waals surface area contributed by atoms with E-state index in [1.165, 1.54) is 0 Å². The van der Waals surface area contributed by atoms with Crippen LogP contribution in [-0.4, -0.2) is 58.1 Å². The van der Waals surface area contributed by atoms with Crippen LogP contribution in [0.1, 0.15) is 12.0 Å². The third kappa shape index (κ3) is 3.46. The van der Waals surface area contributed by atoms with E-state index in [9.17, 15) is 4.79 Å². The summed E-state index contributed by atoms with van der Waals surface area (Å²) in [4.78, 5) is 29.7. The van der Waals surface area contributed by atoms with Crippen molar-refractivity contribution in [3.05, 3.63) is 48.5 Å². The Labute approximate surface area is 146 Å². The van der Waals surface area contributed by atoms with Gasteiger partial charge in [-0.25, -0.2) is 9.97 Å². The number of hydrogen-bond acceptors (Lipinski definition) is 6. The molecule has 0 spiro atoms. The molecule has 0 aliphatic carbocycles. The van der Waals surface area contributed by atoms with Crippen molar-refractivity contribution in [1.82, 2.24) is 19.9 Å². The van der Waals surface area contributed by atoms with Crippen molar-refractivity contribution in [2.75, 3.05) is 31.1 Å². The number of ether oxygens (including phenoxy) is 1. The van der Waals surface area contributed by atoms with Crippen LogP contribution in [-0.2, 0) is 16.1 Å². The lowest BCUT2D eigenvalue weighted by Gasteiger charge is -2.37. The van der Waals surface area contributed by atoms with Gasteiger partial charge < -0.3 is 14.5 Å². The first kappa shape index (κ1) is 16.0. The largest absolute Gasteiger partial charge is 0.374 e. The van der Waals surface area contributed by atoms with Gasteiger partial charge in [0.05, 0.1) is 18.6 Å². The van der Waals surface area contributed by atoms with Crippen LogP contribution in [0.25, 0.3) is 0 Å². The molecule has 1 amide bonds. The first-order valence-electron chi connectivity index (χ1n) is 8.62. The third-order valence-electron chi connectivity index (χ3n) is 4.84. The van der Waals surface area contributed by atoms with E-state index >= 15 is 0 Å². The second-order valence-corrected chi connectivity index (χ2v) is 6.41. The van der Waals surface area contributed by atoms with E-state index in [2.05, 4.69) is 19.9 Å². The molecule has 0 unspecified atom stereocenters. The van der Waals surface area contributed by atoms with Crippen LogP contribution in [0.2, 0.25) is 0 Å². The Morgan fingerprint density at radius 3 is 2.72 bits per heavy atom. The van der Waals surface area contributed by atoms with Crippen molar-refractivity contribution in [3.8, 4) is 0 Å². The van der Waals surface area contributed by atoms with Crippen LogP contribution in [0.5, 0.6) is 0 Å². The van der Waals surface area contributed by atoms with E-state index in [1.54, 1.807) is 30.9 Å². The van der Waals surface area contributed by atoms with E-state index in [1.807, 2.05) is 17.0 Å². The van der Waals surface area contributed by atoms with Crippen molar-refractivity contribution in [3.63, 3.8) is 0 Å². The van der Waals surface area contributed by atoms with Gasteiger partial charge in [-0.3, -0.25) is 9.78 Å². The van der Waals surface area contributed by atoms with Crippen molar-refractivity contribution < 1.29 is 9.53 Å². The van der Waals surface area contributed by atoms with Crippen molar-refractivity contribution in [1.29, 1.82) is 0 Å². The van der Waals surface area contributed by atoms with Gasteiger partial charge in [0.25, 0.3) is 0 Å². The smallest absolute Gasteiger partial charge is 0.228 e. The number of piperidine rings is 1. The minimum Gasteiger partial charge on any atom is -0.374 e. The predicted molar refractivity (Wildman–Crippen MR) is 91.7 cm³/mol. The molecule has 2 aromatic heterocycles. The Morgan fingerprint density at radius 1 is 1.12 bits per heavy atom. The molecule has 7 heteroatoms. The fraction of sp³-hybridized carbons (Fsp3) is 0.444. The van der Waals surface area contributed by atoms with E-state index in [0.29, 0.717) is 32.2 Å². The van der Waals surface area contributed by atoms with E-state index in [0.717, 1.165) is 18.5 Å². The summed E-state index contributed by atoms with van der Waals surface area (Å²) in [6.45, 7) is 3.21. The molecule has 0 N–H and O–H groups in total. The highest BCUT2D eigenvalue weighted by Crippen LogP contribution is 2.27. The highest BCUT2D eigenvalue weighted by molar-refractivity contribution is 5.80. The molecule has 0 aromatic carbocycles. The first-order chi connectivity index (χ1) is 12.3. The first-order valence-corrected chi connectivity index (χ1v) is 8.62. The maximum atomic E-state index is 13.0. The Bertz CT molecular complexity index is 712. The summed E-state index contributed by atoms with van der Waals surface area (Å²) in [6.07, 6.45) is 7.65. The average molecular weight is 339 g/mol. The monoisotopic (exact) mass is 339 g/mol. The fourth-order valence-corrected chi connectivity index (χ4v) is 3.53. The number of fused-ring (bicyclic) bond motifs is 1. The van der Waals surface area contributed by atoms with Gasteiger partial charge >= 0.3 is 0 Å². The minimum atomic E-state index is -0.104. The summed E-state index contributed by atoms with van der Waals surface area (Å²) in [5.74, 6) is 0.798. The molecule has 2 fully saturated rings. The van der Waals surface area contributed by atoms with Gasteiger partial charge in [0.15, 0.2) is 0 Å². The van der Waals surface area contributed by atoms with Crippen molar-refractivity contribution >= 4 is 11.9 Å². The lowest BCUT2D eigenvalue weighted by Crippen LogP contribution is -2.49. The van der Waals surface area contributed by atoms with Crippen LogP contribution in [0.15, 0.2) is 43.0 Å². The zero-order chi connectivity index (χ0) is 17.1. The molecule has 2 aliphatic rings. The van der Waals surface area contributed by atoms with Gasteiger partial charge in [0.2, 0.25) is 11.9 Å². The highest BCUT2D eigenvalue weighted by Gasteiger charge is 2.39. The fourth-order valence-electron chi connectivity index (χ4n) is 3.53. The Kier molecular flexibility index (Phi) is 4.56. The lowest BCUT2D eigenvalue weighted by atomic mass is 9.92. The second-order valence-electron chi connectivity index (χ2n) is 6.41. The summed E-state index contributed by atoms with van der Waals surface area (Å²) in [5, 5.41) is 0. The molecule has 2 aliphatic heterocycles. The number of aromatic nitrogens is 3. The molecular weight excluding hydrogens is 318 g/mol. The normalized spacial score (nSPS) is 23.9. The zero-order valence-corrected chi connectivity index (χ0v) is 14.0. The SMILES string of the molecule is O=C1[C@@H]2CCN(c3ncccn3)C[C@@H]2OCCN1Cc1ccncc1. The lowest BCUT2D eigenvalue weighted by molar-refractivity contribution is -0.137. The van der Waals surface area contributed by atoms with Crippen LogP contribution in [0.4, 0.5) is 5.95 Å². The number of hydrogen-bond donors (Lipinski definition) is 0. The summed E-state index contributed by atoms with van der Waals surface area (Å²) in [7, 11) is 0. The van der Waals surface area contributed by atoms with Gasteiger partial charge in [0.1, 0.15) is 0 Å². The number of carbonyl (C=O) groups is 1. The summed E-state index contributed by atoms with van der Waals surface area (Å²) < 4.78 is 6.02. The minimum absolute atomic E-state index is 0.0932. The summed E-state index contributed by atoms with van der Waals surface area (Å²) in [6, 6.07) is 5.70. The number of pyridine rings is 1. The van der Waals surface area contributed by atoms with E-state index in [-0.39, 0.29) is 17.9 Å². The molecule has 0 bridgehead atoms. The Morgan fingerprint density at radius 2 is 1.92 bits per heavy atom. The molecule has 25 heavy (non-hydrogen) atoms. The summed E-state index contributed by atoms with van der Waals surface area (Å²) >= 11 is 0. The molecule has 2 aromatic rings. The molecule has 130 valence electrons. The molecule has 7 nitrogen and oxygen atoms in total. The van der Waals surface area contributed by atoms with Crippen LogP contribution >= 0.6 is 0 Å². The summed E-state index contributed by atoms with van der Waals surface area (Å²) in [5.41, 5.74) is 1.09. The molecular formula is C18H21N5O2. The quantitative estimate of drug-likeness (QED) is 0.835. The van der Waals surface area contributed by atoms with Crippen molar-refractivity contribution in [2.24, 2.45) is 5.92 Å². The third-order valence-corrected chi connectivity index (χ3v) is 4.84. The Hall–Kier alpha value is -2.54. The standard InChI is InChI=1S/C18H21N5O2/c24-17-15-4-9-23(18-20-5-1-6-21-18)13-16(15)25-11-10-22(17)12-14-2-7-19-8-3-14/h1-3,5-8,15-16H,4,9-13H2/t15-,16+/m1/s1. The van der Waals surface area contributed by atoms with Crippen molar-refractivity contribution in [2.45, 2.75) is 19.1 Å². The maximum absolute atomic E-state index is 13.0. The zero-order valence-electron chi connectivity index (χ0n) is 14.0. The number of amides is 1. The molecule has 2 saturated heterocycles. The molecule has 0 saturated carbocycles. The molecule has 4 heterocycles. The van der Waals surface area contributed by atoms with Gasteiger partial charge in [-0.05, 0) is 30.2 Å². The number of carbonyl (C=O) groups excluding carboxylic acids is 1. The average Bonchev–Trinajstić information content (AvgIpc) is 2.82. The highest BCUT2D eigenvalue weighted by atomic mass is 16.5. The molecule has 0 radical (unpaired) electrons. The van der Waals surface area contributed by atoms with E-state index in [4.69, 9.17) is 4.74 Å². The molecule has 2 atom stereocenters. The van der Waals surface area contributed by atoms with Gasteiger partial charge in [-0.15, -0.1) is 0 Å². The van der Waals surface area contributed by atoms with Gasteiger partial charge in [0, 0.05) is 51.0 Å². The predicted octanol–water partition coefficient (Wildman–Crippen LogP) is 1.13. The van der Waals surface area contributed by atoms with Crippen LogP contribution in [0.3, 0.4) is 0 Å². The second kappa shape index (κ2) is 7.14. The van der Waals surface area contributed by atoms with E-state index < -0.39 is 0 Å². The van der Waals surface area contributed by atoms with Crippen LogP contribution < -0.4 is 4.90 Å². The van der Waals surface area contributed by atoms with Crippen LogP contribution in [0, 0.1) is 5.92 Å².